The number of fused-ring (bicyclic) bond motifs is 1. The van der Waals surface area contributed by atoms with Crippen LogP contribution in [0.15, 0.2) is 18.2 Å². The van der Waals surface area contributed by atoms with Crippen molar-refractivity contribution in [3.63, 3.8) is 0 Å². The third kappa shape index (κ3) is 4.47. The molecule has 1 heterocycles. The fourth-order valence-corrected chi connectivity index (χ4v) is 3.36. The lowest BCUT2D eigenvalue weighted by atomic mass is 9.83. The van der Waals surface area contributed by atoms with E-state index in [0.29, 0.717) is 31.0 Å². The summed E-state index contributed by atoms with van der Waals surface area (Å²) in [4.78, 5) is 25.8. The van der Waals surface area contributed by atoms with E-state index in [2.05, 4.69) is 13.8 Å². The SMILES string of the molecule is CCCCOCC1(COCCCC)C(=O)N(CC)c2ccc([N+](=O)[O-])cc21. The maximum absolute atomic E-state index is 13.3. The second-order valence-corrected chi connectivity index (χ2v) is 6.90. The molecule has 0 saturated carbocycles. The van der Waals surface area contributed by atoms with Gasteiger partial charge in [0.1, 0.15) is 5.41 Å². The lowest BCUT2D eigenvalue weighted by molar-refractivity contribution is -0.384. The van der Waals surface area contributed by atoms with Gasteiger partial charge < -0.3 is 14.4 Å². The number of hydrogen-bond acceptors (Lipinski definition) is 5. The minimum Gasteiger partial charge on any atom is -0.380 e. The monoisotopic (exact) mass is 378 g/mol. The molecule has 1 aliphatic heterocycles. The number of hydrogen-bond donors (Lipinski definition) is 0. The molecule has 0 fully saturated rings. The number of carbonyl (C=O) groups is 1. The van der Waals surface area contributed by atoms with Crippen molar-refractivity contribution in [2.24, 2.45) is 0 Å². The number of nitro groups is 1. The van der Waals surface area contributed by atoms with Gasteiger partial charge in [-0.2, -0.15) is 0 Å². The lowest BCUT2D eigenvalue weighted by Crippen LogP contribution is -2.47. The average molecular weight is 378 g/mol. The molecule has 0 aliphatic carbocycles. The molecule has 0 bridgehead atoms. The Morgan fingerprint density at radius 1 is 1.07 bits per heavy atom. The van der Waals surface area contributed by atoms with Gasteiger partial charge >= 0.3 is 0 Å². The van der Waals surface area contributed by atoms with Crippen molar-refractivity contribution in [2.45, 2.75) is 51.9 Å². The van der Waals surface area contributed by atoms with E-state index < -0.39 is 10.3 Å². The summed E-state index contributed by atoms with van der Waals surface area (Å²) < 4.78 is 11.7. The highest BCUT2D eigenvalue weighted by Crippen LogP contribution is 2.44. The number of rotatable bonds is 12. The van der Waals surface area contributed by atoms with Crippen molar-refractivity contribution >= 4 is 17.3 Å². The van der Waals surface area contributed by atoms with Gasteiger partial charge in [0.2, 0.25) is 5.91 Å². The molecule has 0 saturated heterocycles. The molecule has 2 rings (SSSR count). The summed E-state index contributed by atoms with van der Waals surface area (Å²) in [7, 11) is 0. The average Bonchev–Trinajstić information content (AvgIpc) is 2.90. The Morgan fingerprint density at radius 2 is 1.67 bits per heavy atom. The van der Waals surface area contributed by atoms with Crippen LogP contribution in [0.4, 0.5) is 11.4 Å². The molecular formula is C20H30N2O5. The first-order valence-electron chi connectivity index (χ1n) is 9.78. The van der Waals surface area contributed by atoms with Gasteiger partial charge in [-0.25, -0.2) is 0 Å². The number of nitrogens with zero attached hydrogens (tertiary/aromatic N) is 2. The zero-order chi connectivity index (χ0) is 19.9. The molecule has 0 aromatic heterocycles. The van der Waals surface area contributed by atoms with Crippen LogP contribution in [0.2, 0.25) is 0 Å². The normalized spacial score (nSPS) is 15.2. The molecule has 27 heavy (non-hydrogen) atoms. The smallest absolute Gasteiger partial charge is 0.269 e. The van der Waals surface area contributed by atoms with Crippen molar-refractivity contribution in [3.05, 3.63) is 33.9 Å². The highest BCUT2D eigenvalue weighted by atomic mass is 16.6. The van der Waals surface area contributed by atoms with Crippen LogP contribution < -0.4 is 4.90 Å². The number of unbranched alkanes of at least 4 members (excludes halogenated alkanes) is 2. The zero-order valence-electron chi connectivity index (χ0n) is 16.5. The van der Waals surface area contributed by atoms with Crippen LogP contribution in [-0.4, -0.2) is 43.8 Å². The molecule has 0 atom stereocenters. The Kier molecular flexibility index (Phi) is 7.74. The van der Waals surface area contributed by atoms with E-state index in [9.17, 15) is 14.9 Å². The van der Waals surface area contributed by atoms with Gasteiger partial charge in [0.25, 0.3) is 5.69 Å². The standard InChI is InChI=1S/C20H30N2O5/c1-4-7-11-26-14-20(15-27-12-8-5-2)17-13-16(22(24)25)9-10-18(17)21(6-3)19(20)23/h9-10,13H,4-8,11-12,14-15H2,1-3H3. The molecule has 0 radical (unpaired) electrons. The van der Waals surface area contributed by atoms with Crippen LogP contribution in [0, 0.1) is 10.1 Å². The van der Waals surface area contributed by atoms with E-state index in [1.807, 2.05) is 6.92 Å². The van der Waals surface area contributed by atoms with E-state index in [1.54, 1.807) is 11.0 Å². The summed E-state index contributed by atoms with van der Waals surface area (Å²) in [6.45, 7) is 7.99. The molecule has 7 heteroatoms. The first kappa shape index (κ1) is 21.3. The van der Waals surface area contributed by atoms with E-state index in [0.717, 1.165) is 25.7 Å². The number of benzene rings is 1. The predicted octanol–water partition coefficient (Wildman–Crippen LogP) is 3.83. The molecule has 0 N–H and O–H groups in total. The first-order valence-corrected chi connectivity index (χ1v) is 9.78. The Hall–Kier alpha value is -1.99. The topological polar surface area (TPSA) is 81.9 Å². The molecule has 1 aromatic rings. The first-order chi connectivity index (χ1) is 13.0. The van der Waals surface area contributed by atoms with Gasteiger partial charge in [0.15, 0.2) is 0 Å². The van der Waals surface area contributed by atoms with Crippen LogP contribution in [0.1, 0.15) is 52.0 Å². The Morgan fingerprint density at radius 3 is 2.15 bits per heavy atom. The molecular weight excluding hydrogens is 348 g/mol. The quantitative estimate of drug-likeness (QED) is 0.314. The third-order valence-electron chi connectivity index (χ3n) is 4.95. The minimum atomic E-state index is -1.03. The summed E-state index contributed by atoms with van der Waals surface area (Å²) in [5.74, 6) is -0.103. The predicted molar refractivity (Wildman–Crippen MR) is 104 cm³/mol. The zero-order valence-corrected chi connectivity index (χ0v) is 16.5. The van der Waals surface area contributed by atoms with E-state index in [1.165, 1.54) is 12.1 Å². The summed E-state index contributed by atoms with van der Waals surface area (Å²) in [6.07, 6.45) is 3.80. The van der Waals surface area contributed by atoms with Crippen molar-refractivity contribution < 1.29 is 19.2 Å². The van der Waals surface area contributed by atoms with Crippen LogP contribution in [0.5, 0.6) is 0 Å². The van der Waals surface area contributed by atoms with E-state index >= 15 is 0 Å². The maximum atomic E-state index is 13.3. The van der Waals surface area contributed by atoms with E-state index in [4.69, 9.17) is 9.47 Å². The van der Waals surface area contributed by atoms with Crippen LogP contribution >= 0.6 is 0 Å². The molecule has 1 aromatic carbocycles. The number of anilines is 1. The molecule has 150 valence electrons. The van der Waals surface area contributed by atoms with E-state index in [-0.39, 0.29) is 24.8 Å². The number of ether oxygens (including phenoxy) is 2. The van der Waals surface area contributed by atoms with Crippen LogP contribution in [0.25, 0.3) is 0 Å². The highest BCUT2D eigenvalue weighted by molar-refractivity contribution is 6.08. The van der Waals surface area contributed by atoms with Crippen LogP contribution in [0.3, 0.4) is 0 Å². The number of non-ortho nitro benzene ring substituents is 1. The lowest BCUT2D eigenvalue weighted by Gasteiger charge is -2.28. The van der Waals surface area contributed by atoms with Crippen molar-refractivity contribution in [1.82, 2.24) is 0 Å². The van der Waals surface area contributed by atoms with Gasteiger partial charge in [0.05, 0.1) is 18.1 Å². The largest absolute Gasteiger partial charge is 0.380 e. The molecule has 7 nitrogen and oxygen atoms in total. The number of amides is 1. The van der Waals surface area contributed by atoms with Gasteiger partial charge in [-0.3, -0.25) is 14.9 Å². The second-order valence-electron chi connectivity index (χ2n) is 6.90. The molecule has 0 spiro atoms. The minimum absolute atomic E-state index is 0.0222. The molecule has 0 unspecified atom stereocenters. The fourth-order valence-electron chi connectivity index (χ4n) is 3.36. The highest BCUT2D eigenvalue weighted by Gasteiger charge is 2.51. The van der Waals surface area contributed by atoms with Crippen molar-refractivity contribution in [2.75, 3.05) is 37.9 Å². The summed E-state index contributed by atoms with van der Waals surface area (Å²) in [6, 6.07) is 4.62. The maximum Gasteiger partial charge on any atom is 0.269 e. The van der Waals surface area contributed by atoms with Crippen molar-refractivity contribution in [3.8, 4) is 0 Å². The Bertz CT molecular complexity index is 650. The van der Waals surface area contributed by atoms with Crippen molar-refractivity contribution in [1.29, 1.82) is 0 Å². The Balaban J connectivity index is 2.40. The third-order valence-corrected chi connectivity index (χ3v) is 4.95. The van der Waals surface area contributed by atoms with Gasteiger partial charge in [-0.1, -0.05) is 26.7 Å². The number of nitro benzene ring substituents is 1. The van der Waals surface area contributed by atoms with Gasteiger partial charge in [-0.05, 0) is 25.8 Å². The fraction of sp³-hybridized carbons (Fsp3) is 0.650. The summed E-state index contributed by atoms with van der Waals surface area (Å²) in [5.41, 5.74) is 0.299. The van der Waals surface area contributed by atoms with Gasteiger partial charge in [0, 0.05) is 43.1 Å². The van der Waals surface area contributed by atoms with Crippen LogP contribution in [-0.2, 0) is 19.7 Å². The molecule has 1 aliphatic rings. The summed E-state index contributed by atoms with van der Waals surface area (Å²) in [5, 5.41) is 11.3. The Labute approximate surface area is 160 Å². The summed E-state index contributed by atoms with van der Waals surface area (Å²) >= 11 is 0. The van der Waals surface area contributed by atoms with Gasteiger partial charge in [-0.15, -0.1) is 0 Å². The molecule has 1 amide bonds. The second kappa shape index (κ2) is 9.80. The number of likely N-dealkylation sites (N-methyl/N-ethyl adjacent to an activating group) is 1. The number of carbonyl (C=O) groups excluding carboxylic acids is 1.